The topological polar surface area (TPSA) is 84.5 Å². The Labute approximate surface area is 175 Å². The molecule has 0 spiro atoms. The van der Waals surface area contributed by atoms with Crippen LogP contribution >= 0.6 is 11.6 Å². The molecule has 0 radical (unpaired) electrons. The Balaban J connectivity index is 1.78. The second-order valence-electron chi connectivity index (χ2n) is 7.63. The van der Waals surface area contributed by atoms with Crippen LogP contribution in [0.4, 0.5) is 5.69 Å². The molecule has 0 aliphatic heterocycles. The Morgan fingerprint density at radius 3 is 2.31 bits per heavy atom. The van der Waals surface area contributed by atoms with Crippen LogP contribution in [0.5, 0.6) is 0 Å². The summed E-state index contributed by atoms with van der Waals surface area (Å²) in [4.78, 5) is 35.9. The van der Waals surface area contributed by atoms with Gasteiger partial charge in [-0.1, -0.05) is 50.6 Å². The highest BCUT2D eigenvalue weighted by molar-refractivity contribution is 6.31. The molecule has 0 aliphatic rings. The number of esters is 1. The number of anilines is 1. The van der Waals surface area contributed by atoms with Crippen molar-refractivity contribution in [2.24, 2.45) is 0 Å². The summed E-state index contributed by atoms with van der Waals surface area (Å²) in [7, 11) is 0. The quantitative estimate of drug-likeness (QED) is 0.700. The maximum Gasteiger partial charge on any atom is 0.325 e. The summed E-state index contributed by atoms with van der Waals surface area (Å²) in [6.45, 7) is 7.24. The van der Waals surface area contributed by atoms with E-state index in [4.69, 9.17) is 16.3 Å². The van der Waals surface area contributed by atoms with Crippen LogP contribution in [0.15, 0.2) is 42.5 Å². The van der Waals surface area contributed by atoms with Crippen molar-refractivity contribution in [1.29, 1.82) is 0 Å². The molecule has 2 amide bonds. The van der Waals surface area contributed by atoms with Crippen molar-refractivity contribution in [2.75, 3.05) is 18.5 Å². The van der Waals surface area contributed by atoms with Gasteiger partial charge in [-0.15, -0.1) is 0 Å². The van der Waals surface area contributed by atoms with Crippen molar-refractivity contribution in [3.63, 3.8) is 0 Å². The Morgan fingerprint density at radius 1 is 1.03 bits per heavy atom. The van der Waals surface area contributed by atoms with Gasteiger partial charge in [-0.05, 0) is 47.7 Å². The van der Waals surface area contributed by atoms with E-state index in [1.807, 2.05) is 12.1 Å². The van der Waals surface area contributed by atoms with E-state index >= 15 is 0 Å². The lowest BCUT2D eigenvalue weighted by atomic mass is 9.87. The van der Waals surface area contributed by atoms with Crippen LogP contribution < -0.4 is 10.6 Å². The molecular weight excluding hydrogens is 392 g/mol. The van der Waals surface area contributed by atoms with Gasteiger partial charge in [0.05, 0.1) is 0 Å². The van der Waals surface area contributed by atoms with Crippen molar-refractivity contribution < 1.29 is 19.1 Å². The first-order chi connectivity index (χ1) is 13.6. The molecule has 154 valence electrons. The van der Waals surface area contributed by atoms with Crippen LogP contribution in [-0.2, 0) is 19.7 Å². The monoisotopic (exact) mass is 416 g/mol. The van der Waals surface area contributed by atoms with Crippen molar-refractivity contribution >= 4 is 35.1 Å². The van der Waals surface area contributed by atoms with Gasteiger partial charge >= 0.3 is 5.97 Å². The van der Waals surface area contributed by atoms with Gasteiger partial charge in [-0.2, -0.15) is 0 Å². The van der Waals surface area contributed by atoms with Gasteiger partial charge in [0.15, 0.2) is 6.61 Å². The summed E-state index contributed by atoms with van der Waals surface area (Å²) in [6, 6.07) is 12.3. The van der Waals surface area contributed by atoms with E-state index in [-0.39, 0.29) is 17.9 Å². The number of benzene rings is 2. The van der Waals surface area contributed by atoms with E-state index in [0.717, 1.165) is 11.1 Å². The third kappa shape index (κ3) is 6.61. The second-order valence-corrected chi connectivity index (χ2v) is 8.04. The molecule has 0 atom stereocenters. The van der Waals surface area contributed by atoms with Crippen LogP contribution in [0.2, 0.25) is 5.02 Å². The minimum absolute atomic E-state index is 0.0109. The summed E-state index contributed by atoms with van der Waals surface area (Å²) in [6.07, 6.45) is 0. The van der Waals surface area contributed by atoms with Gasteiger partial charge < -0.3 is 15.4 Å². The number of nitrogens with one attached hydrogen (secondary N) is 2. The molecule has 0 bridgehead atoms. The number of rotatable bonds is 6. The molecule has 29 heavy (non-hydrogen) atoms. The maximum absolute atomic E-state index is 12.1. The number of hydrogen-bond acceptors (Lipinski definition) is 4. The summed E-state index contributed by atoms with van der Waals surface area (Å²) in [5, 5.41) is 5.64. The van der Waals surface area contributed by atoms with Crippen LogP contribution in [0.1, 0.15) is 42.3 Å². The zero-order valence-corrected chi connectivity index (χ0v) is 17.7. The number of carbonyl (C=O) groups is 3. The smallest absolute Gasteiger partial charge is 0.325 e. The minimum Gasteiger partial charge on any atom is -0.454 e. The summed E-state index contributed by atoms with van der Waals surface area (Å²) in [5.41, 5.74) is 2.81. The average molecular weight is 417 g/mol. The lowest BCUT2D eigenvalue weighted by Crippen LogP contribution is -2.32. The number of halogens is 1. The van der Waals surface area contributed by atoms with Crippen LogP contribution in [0.3, 0.4) is 0 Å². The van der Waals surface area contributed by atoms with Gasteiger partial charge in [0.25, 0.3) is 11.8 Å². The molecule has 0 aliphatic carbocycles. The van der Waals surface area contributed by atoms with Crippen molar-refractivity contribution in [2.45, 2.75) is 33.1 Å². The van der Waals surface area contributed by atoms with Gasteiger partial charge in [0.2, 0.25) is 0 Å². The molecular formula is C22H25ClN2O4. The fourth-order valence-corrected chi connectivity index (χ4v) is 2.68. The highest BCUT2D eigenvalue weighted by Crippen LogP contribution is 2.23. The predicted octanol–water partition coefficient (Wildman–Crippen LogP) is 3.86. The first kappa shape index (κ1) is 22.4. The third-order valence-electron chi connectivity index (χ3n) is 4.31. The average Bonchev–Trinajstić information content (AvgIpc) is 2.67. The van der Waals surface area contributed by atoms with Gasteiger partial charge in [0, 0.05) is 16.3 Å². The molecule has 2 aromatic rings. The molecule has 0 heterocycles. The molecule has 0 unspecified atom stereocenters. The molecule has 2 aromatic carbocycles. The van der Waals surface area contributed by atoms with Crippen molar-refractivity contribution in [3.8, 4) is 0 Å². The standard InChI is InChI=1S/C22H25ClN2O4/c1-14-17(23)6-5-7-18(14)25-19(26)13-29-20(27)12-24-21(28)15-8-10-16(11-9-15)22(2,3)4/h5-11H,12-13H2,1-4H3,(H,24,28)(H,25,26). The van der Waals surface area contributed by atoms with E-state index in [1.165, 1.54) is 0 Å². The maximum atomic E-state index is 12.1. The van der Waals surface area contributed by atoms with E-state index in [9.17, 15) is 14.4 Å². The molecule has 0 saturated carbocycles. The molecule has 2 N–H and O–H groups in total. The highest BCUT2D eigenvalue weighted by atomic mass is 35.5. The second kappa shape index (κ2) is 9.56. The lowest BCUT2D eigenvalue weighted by molar-refractivity contribution is -0.146. The first-order valence-corrected chi connectivity index (χ1v) is 9.55. The molecule has 6 nitrogen and oxygen atoms in total. The number of carbonyl (C=O) groups excluding carboxylic acids is 3. The number of amides is 2. The Kier molecular flexibility index (Phi) is 7.40. The van der Waals surface area contributed by atoms with Crippen LogP contribution in [-0.4, -0.2) is 30.9 Å². The lowest BCUT2D eigenvalue weighted by Gasteiger charge is -2.19. The van der Waals surface area contributed by atoms with Crippen LogP contribution in [0.25, 0.3) is 0 Å². The van der Waals surface area contributed by atoms with Crippen molar-refractivity contribution in [1.82, 2.24) is 5.32 Å². The van der Waals surface area contributed by atoms with E-state index in [0.29, 0.717) is 16.3 Å². The molecule has 0 saturated heterocycles. The van der Waals surface area contributed by atoms with Gasteiger partial charge in [-0.3, -0.25) is 14.4 Å². The summed E-state index contributed by atoms with van der Waals surface area (Å²) in [5.74, 6) is -1.59. The Morgan fingerprint density at radius 2 is 1.69 bits per heavy atom. The Bertz CT molecular complexity index is 902. The largest absolute Gasteiger partial charge is 0.454 e. The third-order valence-corrected chi connectivity index (χ3v) is 4.72. The molecule has 0 fully saturated rings. The number of hydrogen-bond donors (Lipinski definition) is 2. The Hall–Kier alpha value is -2.86. The van der Waals surface area contributed by atoms with Crippen molar-refractivity contribution in [3.05, 3.63) is 64.2 Å². The van der Waals surface area contributed by atoms with E-state index in [2.05, 4.69) is 31.4 Å². The fraction of sp³-hybridized carbons (Fsp3) is 0.318. The highest BCUT2D eigenvalue weighted by Gasteiger charge is 2.15. The molecule has 7 heteroatoms. The molecule has 0 aromatic heterocycles. The normalized spacial score (nSPS) is 10.9. The van der Waals surface area contributed by atoms with E-state index < -0.39 is 18.5 Å². The van der Waals surface area contributed by atoms with Gasteiger partial charge in [-0.25, -0.2) is 0 Å². The first-order valence-electron chi connectivity index (χ1n) is 9.17. The predicted molar refractivity (Wildman–Crippen MR) is 113 cm³/mol. The molecule has 2 rings (SSSR count). The van der Waals surface area contributed by atoms with E-state index in [1.54, 1.807) is 37.3 Å². The number of ether oxygens (including phenoxy) is 1. The summed E-state index contributed by atoms with van der Waals surface area (Å²) < 4.78 is 4.90. The fourth-order valence-electron chi connectivity index (χ4n) is 2.50. The zero-order valence-electron chi connectivity index (χ0n) is 17.0. The minimum atomic E-state index is -0.706. The van der Waals surface area contributed by atoms with Gasteiger partial charge in [0.1, 0.15) is 6.54 Å². The SMILES string of the molecule is Cc1c(Cl)cccc1NC(=O)COC(=O)CNC(=O)c1ccc(C(C)(C)C)cc1. The van der Waals surface area contributed by atoms with Crippen LogP contribution in [0, 0.1) is 6.92 Å². The summed E-state index contributed by atoms with van der Waals surface area (Å²) >= 11 is 6.00. The zero-order chi connectivity index (χ0) is 21.6.